The molecule has 1 aliphatic carbocycles. The van der Waals surface area contributed by atoms with Gasteiger partial charge in [-0.15, -0.1) is 0 Å². The second-order valence-electron chi connectivity index (χ2n) is 6.97. The van der Waals surface area contributed by atoms with Crippen molar-refractivity contribution in [3.05, 3.63) is 47.7 Å². The van der Waals surface area contributed by atoms with Gasteiger partial charge in [0.15, 0.2) is 0 Å². The van der Waals surface area contributed by atoms with E-state index in [1.807, 2.05) is 0 Å². The van der Waals surface area contributed by atoms with E-state index in [1.165, 1.54) is 55.4 Å². The number of allylic oxidation sites excluding steroid dienone is 2. The molecule has 108 valence electrons. The van der Waals surface area contributed by atoms with Gasteiger partial charge < -0.3 is 4.98 Å². The van der Waals surface area contributed by atoms with Gasteiger partial charge >= 0.3 is 0 Å². The van der Waals surface area contributed by atoms with Crippen molar-refractivity contribution in [3.63, 3.8) is 0 Å². The Balaban J connectivity index is 1.69. The Hall–Kier alpha value is -1.54. The van der Waals surface area contributed by atoms with Crippen molar-refractivity contribution in [1.82, 2.24) is 9.88 Å². The molecule has 3 aliphatic rings. The van der Waals surface area contributed by atoms with Crippen molar-refractivity contribution in [2.45, 2.75) is 31.7 Å². The maximum atomic E-state index is 3.79. The molecule has 0 saturated carbocycles. The van der Waals surface area contributed by atoms with E-state index in [0.29, 0.717) is 6.04 Å². The summed E-state index contributed by atoms with van der Waals surface area (Å²) in [5, 5.41) is 1.46. The molecule has 2 aliphatic heterocycles. The lowest BCUT2D eigenvalue weighted by molar-refractivity contribution is 0.229. The maximum Gasteiger partial charge on any atom is 0.0536 e. The molecule has 1 N–H and O–H groups in total. The first-order valence-corrected chi connectivity index (χ1v) is 8.40. The number of para-hydroxylation sites is 1. The summed E-state index contributed by atoms with van der Waals surface area (Å²) in [7, 11) is 0. The average molecular weight is 278 g/mol. The molecule has 3 atom stereocenters. The minimum Gasteiger partial charge on any atom is -0.357 e. The quantitative estimate of drug-likeness (QED) is 0.720. The molecule has 0 unspecified atom stereocenters. The third kappa shape index (κ3) is 1.69. The first-order valence-electron chi connectivity index (χ1n) is 8.40. The van der Waals surface area contributed by atoms with Crippen LogP contribution in [-0.2, 0) is 6.42 Å². The molecular formula is C19H22N2. The fraction of sp³-hybridized carbons (Fsp3) is 0.474. The monoisotopic (exact) mass is 278 g/mol. The van der Waals surface area contributed by atoms with E-state index in [1.54, 1.807) is 5.56 Å². The molecule has 0 spiro atoms. The van der Waals surface area contributed by atoms with Crippen molar-refractivity contribution < 1.29 is 0 Å². The molecule has 1 aromatic carbocycles. The van der Waals surface area contributed by atoms with Gasteiger partial charge in [0.1, 0.15) is 0 Å². The molecular weight excluding hydrogens is 256 g/mol. The number of aromatic amines is 1. The van der Waals surface area contributed by atoms with Gasteiger partial charge in [-0.25, -0.2) is 0 Å². The van der Waals surface area contributed by atoms with Gasteiger partial charge in [0.05, 0.1) is 6.04 Å². The van der Waals surface area contributed by atoms with Crippen molar-refractivity contribution in [2.24, 2.45) is 11.8 Å². The van der Waals surface area contributed by atoms with Crippen LogP contribution < -0.4 is 0 Å². The molecule has 2 aromatic rings. The molecule has 21 heavy (non-hydrogen) atoms. The van der Waals surface area contributed by atoms with Gasteiger partial charge in [-0.2, -0.15) is 0 Å². The van der Waals surface area contributed by atoms with E-state index in [4.69, 9.17) is 0 Å². The third-order valence-electron chi connectivity index (χ3n) is 5.90. The number of fused-ring (bicyclic) bond motifs is 7. The van der Waals surface area contributed by atoms with E-state index in [9.17, 15) is 0 Å². The molecule has 2 heteroatoms. The zero-order chi connectivity index (χ0) is 13.8. The Bertz CT molecular complexity index is 711. The highest BCUT2D eigenvalue weighted by Gasteiger charge is 2.44. The Kier molecular flexibility index (Phi) is 2.57. The summed E-state index contributed by atoms with van der Waals surface area (Å²) in [6.45, 7) is 2.57. The van der Waals surface area contributed by atoms with Crippen molar-refractivity contribution >= 4 is 10.9 Å². The molecule has 0 amide bonds. The summed E-state index contributed by atoms with van der Waals surface area (Å²) in [5.41, 5.74) is 4.48. The van der Waals surface area contributed by atoms with Crippen LogP contribution in [0, 0.1) is 11.8 Å². The lowest BCUT2D eigenvalue weighted by atomic mass is 9.80. The first-order chi connectivity index (χ1) is 10.4. The highest BCUT2D eigenvalue weighted by molar-refractivity contribution is 5.85. The van der Waals surface area contributed by atoms with Crippen LogP contribution in [0.3, 0.4) is 0 Å². The summed E-state index contributed by atoms with van der Waals surface area (Å²) >= 11 is 0. The molecule has 1 aromatic heterocycles. The van der Waals surface area contributed by atoms with Crippen LogP contribution >= 0.6 is 0 Å². The van der Waals surface area contributed by atoms with E-state index >= 15 is 0 Å². The summed E-state index contributed by atoms with van der Waals surface area (Å²) in [4.78, 5) is 6.56. The molecule has 2 nitrogen and oxygen atoms in total. The Morgan fingerprint density at radius 3 is 3.00 bits per heavy atom. The Morgan fingerprint density at radius 1 is 1.10 bits per heavy atom. The smallest absolute Gasteiger partial charge is 0.0536 e. The molecule has 0 radical (unpaired) electrons. The number of hydrogen-bond donors (Lipinski definition) is 1. The number of H-pyrrole nitrogens is 1. The largest absolute Gasteiger partial charge is 0.357 e. The van der Waals surface area contributed by atoms with E-state index in [-0.39, 0.29) is 0 Å². The molecule has 5 rings (SSSR count). The molecule has 1 fully saturated rings. The van der Waals surface area contributed by atoms with Crippen LogP contribution in [0.2, 0.25) is 0 Å². The highest BCUT2D eigenvalue weighted by atomic mass is 15.2. The van der Waals surface area contributed by atoms with Crippen LogP contribution in [0.4, 0.5) is 0 Å². The normalized spacial score (nSPS) is 31.7. The summed E-state index contributed by atoms with van der Waals surface area (Å²) in [5.74, 6) is 1.69. The van der Waals surface area contributed by atoms with E-state index in [2.05, 4.69) is 46.3 Å². The summed E-state index contributed by atoms with van der Waals surface area (Å²) in [6.07, 6.45) is 9.91. The van der Waals surface area contributed by atoms with Crippen LogP contribution in [0.15, 0.2) is 36.4 Å². The second-order valence-corrected chi connectivity index (χ2v) is 6.97. The number of benzene rings is 1. The number of nitrogens with one attached hydrogen (secondary N) is 1. The Labute approximate surface area is 125 Å². The number of aryl methyl sites for hydroxylation is 1. The molecule has 1 saturated heterocycles. The van der Waals surface area contributed by atoms with Crippen LogP contribution in [-0.4, -0.2) is 23.0 Å². The van der Waals surface area contributed by atoms with Gasteiger partial charge in [0.2, 0.25) is 0 Å². The Morgan fingerprint density at radius 2 is 2.00 bits per heavy atom. The fourth-order valence-corrected chi connectivity index (χ4v) is 5.00. The highest BCUT2D eigenvalue weighted by Crippen LogP contribution is 2.48. The van der Waals surface area contributed by atoms with Crippen LogP contribution in [0.1, 0.15) is 36.6 Å². The van der Waals surface area contributed by atoms with Crippen LogP contribution in [0.25, 0.3) is 10.9 Å². The number of hydrogen-bond acceptors (Lipinski definition) is 1. The van der Waals surface area contributed by atoms with Crippen molar-refractivity contribution in [2.75, 3.05) is 13.1 Å². The van der Waals surface area contributed by atoms with Gasteiger partial charge in [0, 0.05) is 23.1 Å². The van der Waals surface area contributed by atoms with E-state index < -0.39 is 0 Å². The topological polar surface area (TPSA) is 19.0 Å². The minimum atomic E-state index is 0.629. The first kappa shape index (κ1) is 12.0. The predicted molar refractivity (Wildman–Crippen MR) is 86.3 cm³/mol. The number of rotatable bonds is 0. The summed E-state index contributed by atoms with van der Waals surface area (Å²) < 4.78 is 0. The minimum absolute atomic E-state index is 0.629. The molecule has 0 bridgehead atoms. The molecule has 3 heterocycles. The summed E-state index contributed by atoms with van der Waals surface area (Å²) in [6, 6.07) is 9.50. The van der Waals surface area contributed by atoms with E-state index in [0.717, 1.165) is 11.8 Å². The third-order valence-corrected chi connectivity index (χ3v) is 5.90. The van der Waals surface area contributed by atoms with Gasteiger partial charge in [-0.3, -0.25) is 4.90 Å². The SMILES string of the molecule is C1=CC[C@H]2[C@H](C1)CN1CCCc3c([nH]c4ccccc34)[C@@H]21. The van der Waals surface area contributed by atoms with Gasteiger partial charge in [-0.05, 0) is 55.7 Å². The van der Waals surface area contributed by atoms with Crippen molar-refractivity contribution in [3.8, 4) is 0 Å². The lowest BCUT2D eigenvalue weighted by Gasteiger charge is -2.27. The van der Waals surface area contributed by atoms with Crippen molar-refractivity contribution in [1.29, 1.82) is 0 Å². The zero-order valence-electron chi connectivity index (χ0n) is 12.4. The zero-order valence-corrected chi connectivity index (χ0v) is 12.4. The number of nitrogens with zero attached hydrogens (tertiary/aromatic N) is 1. The van der Waals surface area contributed by atoms with Gasteiger partial charge in [0.25, 0.3) is 0 Å². The fourth-order valence-electron chi connectivity index (χ4n) is 5.00. The lowest BCUT2D eigenvalue weighted by Crippen LogP contribution is -2.25. The number of aromatic nitrogens is 1. The van der Waals surface area contributed by atoms with Crippen LogP contribution in [0.5, 0.6) is 0 Å². The maximum absolute atomic E-state index is 3.79. The second kappa shape index (κ2) is 4.48. The average Bonchev–Trinajstić information content (AvgIpc) is 3.00. The standard InChI is InChI=1S/C19H22N2/c1-2-7-14-13(6-1)12-21-11-5-9-16-15-8-3-4-10-17(15)20-18(16)19(14)21/h1-4,8,10,13-14,19-20H,5-7,9,11-12H2/t13-,14+,19-/m1/s1. The van der Waals surface area contributed by atoms with Gasteiger partial charge in [-0.1, -0.05) is 30.4 Å². The predicted octanol–water partition coefficient (Wildman–Crippen LogP) is 4.05.